The Bertz CT molecular complexity index is 728. The quantitative estimate of drug-likeness (QED) is 0.496. The first-order valence-electron chi connectivity index (χ1n) is 7.85. The number of anilines is 1. The van der Waals surface area contributed by atoms with Gasteiger partial charge in [-0.1, -0.05) is 56.4 Å². The zero-order chi connectivity index (χ0) is 17.7. The van der Waals surface area contributed by atoms with Crippen LogP contribution < -0.4 is 5.43 Å². The fourth-order valence-corrected chi connectivity index (χ4v) is 2.87. The normalized spacial score (nSPS) is 11.7. The Balaban J connectivity index is 2.02. The molecule has 128 valence electrons. The molecule has 0 saturated carbocycles. The van der Waals surface area contributed by atoms with E-state index in [1.54, 1.807) is 20.1 Å². The number of benzene rings is 1. The van der Waals surface area contributed by atoms with Crippen molar-refractivity contribution in [3.63, 3.8) is 0 Å². The largest absolute Gasteiger partial charge is 0.462 e. The first-order valence-corrected chi connectivity index (χ1v) is 8.67. The van der Waals surface area contributed by atoms with Gasteiger partial charge in [-0.25, -0.2) is 9.78 Å². The van der Waals surface area contributed by atoms with Gasteiger partial charge >= 0.3 is 5.97 Å². The van der Waals surface area contributed by atoms with Gasteiger partial charge in [0.25, 0.3) is 0 Å². The first-order chi connectivity index (χ1) is 11.3. The van der Waals surface area contributed by atoms with Crippen LogP contribution in [0, 0.1) is 6.92 Å². The van der Waals surface area contributed by atoms with Crippen LogP contribution in [0.1, 0.15) is 54.2 Å². The van der Waals surface area contributed by atoms with E-state index >= 15 is 0 Å². The molecule has 0 atom stereocenters. The summed E-state index contributed by atoms with van der Waals surface area (Å²) in [6.07, 6.45) is 1.73. The molecule has 0 fully saturated rings. The van der Waals surface area contributed by atoms with Gasteiger partial charge in [0, 0.05) is 0 Å². The number of nitrogens with one attached hydrogen (secondary N) is 1. The number of carbonyl (C=O) groups is 1. The van der Waals surface area contributed by atoms with Crippen molar-refractivity contribution in [3.05, 3.63) is 46.0 Å². The van der Waals surface area contributed by atoms with Gasteiger partial charge in [-0.3, -0.25) is 5.43 Å². The number of rotatable bonds is 5. The molecular weight excluding hydrogens is 322 g/mol. The lowest BCUT2D eigenvalue weighted by atomic mass is 9.87. The number of carbonyl (C=O) groups excluding carboxylic acids is 1. The summed E-state index contributed by atoms with van der Waals surface area (Å²) in [5, 5.41) is 4.75. The maximum Gasteiger partial charge on any atom is 0.350 e. The zero-order valence-corrected chi connectivity index (χ0v) is 15.5. The van der Waals surface area contributed by atoms with Crippen molar-refractivity contribution < 1.29 is 9.53 Å². The number of hydrogen-bond acceptors (Lipinski definition) is 6. The molecule has 1 heterocycles. The lowest BCUT2D eigenvalue weighted by Gasteiger charge is -2.18. The van der Waals surface area contributed by atoms with E-state index in [4.69, 9.17) is 4.74 Å². The molecule has 6 heteroatoms. The summed E-state index contributed by atoms with van der Waals surface area (Å²) < 4.78 is 5.00. The molecule has 0 aliphatic heterocycles. The Kier molecular flexibility index (Phi) is 5.72. The molecule has 0 bridgehead atoms. The third kappa shape index (κ3) is 4.64. The molecule has 5 nitrogen and oxygen atoms in total. The maximum atomic E-state index is 11.8. The average molecular weight is 345 g/mol. The predicted octanol–water partition coefficient (Wildman–Crippen LogP) is 4.37. The first kappa shape index (κ1) is 18.1. The molecule has 2 rings (SSSR count). The van der Waals surface area contributed by atoms with Gasteiger partial charge < -0.3 is 4.74 Å². The summed E-state index contributed by atoms with van der Waals surface area (Å²) in [6.45, 7) is 10.5. The van der Waals surface area contributed by atoms with Crippen LogP contribution in [0.5, 0.6) is 0 Å². The number of aromatic nitrogens is 1. The Morgan fingerprint density at radius 1 is 1.33 bits per heavy atom. The lowest BCUT2D eigenvalue weighted by Crippen LogP contribution is -2.10. The molecule has 0 saturated heterocycles. The third-order valence-corrected chi connectivity index (χ3v) is 4.45. The van der Waals surface area contributed by atoms with Crippen molar-refractivity contribution >= 4 is 28.7 Å². The summed E-state index contributed by atoms with van der Waals surface area (Å²) in [5.41, 5.74) is 5.92. The molecular formula is C18H23N3O2S. The monoisotopic (exact) mass is 345 g/mol. The molecule has 24 heavy (non-hydrogen) atoms. The van der Waals surface area contributed by atoms with Crippen molar-refractivity contribution in [1.29, 1.82) is 0 Å². The molecule has 0 spiro atoms. The number of thiazole rings is 1. The molecule has 1 aromatic heterocycles. The van der Waals surface area contributed by atoms with Gasteiger partial charge in [-0.2, -0.15) is 5.10 Å². The molecule has 0 radical (unpaired) electrons. The van der Waals surface area contributed by atoms with Crippen LogP contribution in [0.2, 0.25) is 0 Å². The second-order valence-corrected chi connectivity index (χ2v) is 7.40. The fourth-order valence-electron chi connectivity index (χ4n) is 2.06. The maximum absolute atomic E-state index is 11.8. The van der Waals surface area contributed by atoms with E-state index in [1.807, 2.05) is 12.1 Å². The van der Waals surface area contributed by atoms with Gasteiger partial charge in [0.15, 0.2) is 0 Å². The summed E-state index contributed by atoms with van der Waals surface area (Å²) in [6, 6.07) is 8.27. The van der Waals surface area contributed by atoms with Crippen molar-refractivity contribution in [2.45, 2.75) is 40.0 Å². The van der Waals surface area contributed by atoms with Crippen molar-refractivity contribution in [1.82, 2.24) is 4.98 Å². The highest BCUT2D eigenvalue weighted by atomic mass is 32.1. The summed E-state index contributed by atoms with van der Waals surface area (Å²) in [4.78, 5) is 16.6. The minimum Gasteiger partial charge on any atom is -0.462 e. The molecule has 2 aromatic rings. The Hall–Kier alpha value is -2.21. The molecule has 1 N–H and O–H groups in total. The summed E-state index contributed by atoms with van der Waals surface area (Å²) in [7, 11) is 0. The molecule has 0 aliphatic carbocycles. The SMILES string of the molecule is CCOC(=O)c1sc(NN=Cc2ccc(C(C)(C)C)cc2)nc1C. The average Bonchev–Trinajstić information content (AvgIpc) is 2.88. The summed E-state index contributed by atoms with van der Waals surface area (Å²) >= 11 is 1.24. The van der Waals surface area contributed by atoms with E-state index in [0.29, 0.717) is 22.3 Å². The Labute approximate surface area is 146 Å². The van der Waals surface area contributed by atoms with Crippen LogP contribution in [-0.2, 0) is 10.2 Å². The van der Waals surface area contributed by atoms with Crippen LogP contribution in [0.3, 0.4) is 0 Å². The number of ether oxygens (including phenoxy) is 1. The highest BCUT2D eigenvalue weighted by molar-refractivity contribution is 7.17. The van der Waals surface area contributed by atoms with E-state index in [9.17, 15) is 4.79 Å². The van der Waals surface area contributed by atoms with E-state index < -0.39 is 0 Å². The predicted molar refractivity (Wildman–Crippen MR) is 99.2 cm³/mol. The van der Waals surface area contributed by atoms with E-state index in [0.717, 1.165) is 5.56 Å². The van der Waals surface area contributed by atoms with Gasteiger partial charge in [-0.15, -0.1) is 0 Å². The highest BCUT2D eigenvalue weighted by Crippen LogP contribution is 2.24. The minimum absolute atomic E-state index is 0.135. The number of aryl methyl sites for hydroxylation is 1. The third-order valence-electron chi connectivity index (χ3n) is 3.41. The topological polar surface area (TPSA) is 63.6 Å². The Morgan fingerprint density at radius 3 is 2.58 bits per heavy atom. The van der Waals surface area contributed by atoms with Gasteiger partial charge in [0.1, 0.15) is 4.88 Å². The highest BCUT2D eigenvalue weighted by Gasteiger charge is 2.16. The van der Waals surface area contributed by atoms with Gasteiger partial charge in [0.05, 0.1) is 18.5 Å². The van der Waals surface area contributed by atoms with Crippen LogP contribution in [0.25, 0.3) is 0 Å². The van der Waals surface area contributed by atoms with Crippen LogP contribution in [0.15, 0.2) is 29.4 Å². The fraction of sp³-hybridized carbons (Fsp3) is 0.389. The molecule has 0 aliphatic rings. The lowest BCUT2D eigenvalue weighted by molar-refractivity contribution is 0.0531. The van der Waals surface area contributed by atoms with Gasteiger partial charge in [-0.05, 0) is 30.4 Å². The van der Waals surface area contributed by atoms with Crippen molar-refractivity contribution in [2.75, 3.05) is 12.0 Å². The second-order valence-electron chi connectivity index (χ2n) is 6.40. The van der Waals surface area contributed by atoms with E-state index in [-0.39, 0.29) is 11.4 Å². The van der Waals surface area contributed by atoms with E-state index in [1.165, 1.54) is 16.9 Å². The Morgan fingerprint density at radius 2 is 2.00 bits per heavy atom. The molecule has 1 aromatic carbocycles. The smallest absolute Gasteiger partial charge is 0.350 e. The van der Waals surface area contributed by atoms with Crippen molar-refractivity contribution in [3.8, 4) is 0 Å². The van der Waals surface area contributed by atoms with Crippen molar-refractivity contribution in [2.24, 2.45) is 5.10 Å². The van der Waals surface area contributed by atoms with E-state index in [2.05, 4.69) is 48.4 Å². The number of esters is 1. The van der Waals surface area contributed by atoms with Crippen LogP contribution >= 0.6 is 11.3 Å². The number of nitrogens with zero attached hydrogens (tertiary/aromatic N) is 2. The standard InChI is InChI=1S/C18H23N3O2S/c1-6-23-16(22)15-12(2)20-17(24-15)21-19-11-13-7-9-14(10-8-13)18(3,4)5/h7-11H,6H2,1-5H3,(H,20,21). The summed E-state index contributed by atoms with van der Waals surface area (Å²) in [5.74, 6) is -0.345. The van der Waals surface area contributed by atoms with Crippen LogP contribution in [0.4, 0.5) is 5.13 Å². The number of hydrazone groups is 1. The second kappa shape index (κ2) is 7.57. The minimum atomic E-state index is -0.345. The zero-order valence-electron chi connectivity index (χ0n) is 14.7. The van der Waals surface area contributed by atoms with Gasteiger partial charge in [0.2, 0.25) is 5.13 Å². The molecule has 0 amide bonds. The number of hydrogen-bond donors (Lipinski definition) is 1. The molecule has 0 unspecified atom stereocenters. The van der Waals surface area contributed by atoms with Crippen LogP contribution in [-0.4, -0.2) is 23.8 Å².